The van der Waals surface area contributed by atoms with Gasteiger partial charge in [-0.1, -0.05) is 30.3 Å². The van der Waals surface area contributed by atoms with Crippen molar-refractivity contribution in [2.45, 2.75) is 31.5 Å². The average Bonchev–Trinajstić information content (AvgIpc) is 2.96. The summed E-state index contributed by atoms with van der Waals surface area (Å²) in [7, 11) is 1.61. The van der Waals surface area contributed by atoms with Crippen molar-refractivity contribution in [1.82, 2.24) is 14.7 Å². The number of aliphatic carboxylic acids is 1. The first-order valence-electron chi connectivity index (χ1n) is 8.69. The van der Waals surface area contributed by atoms with Crippen LogP contribution in [0.5, 0.6) is 0 Å². The molecule has 3 rings (SSSR count). The van der Waals surface area contributed by atoms with E-state index in [0.717, 1.165) is 5.56 Å². The van der Waals surface area contributed by atoms with Crippen LogP contribution in [0.25, 0.3) is 0 Å². The lowest BCUT2D eigenvalue weighted by Crippen LogP contribution is -2.52. The number of carbonyl (C=O) groups is 3. The predicted molar refractivity (Wildman–Crippen MR) is 92.5 cm³/mol. The summed E-state index contributed by atoms with van der Waals surface area (Å²) in [5.74, 6) is -0.993. The van der Waals surface area contributed by atoms with Crippen LogP contribution in [0.4, 0.5) is 9.59 Å². The molecule has 3 amide bonds. The van der Waals surface area contributed by atoms with E-state index in [1.165, 1.54) is 9.80 Å². The van der Waals surface area contributed by atoms with E-state index >= 15 is 0 Å². The molecule has 1 aromatic carbocycles. The van der Waals surface area contributed by atoms with E-state index in [1.54, 1.807) is 11.9 Å². The van der Waals surface area contributed by atoms with E-state index in [-0.39, 0.29) is 31.3 Å². The van der Waals surface area contributed by atoms with Crippen LogP contribution in [0.15, 0.2) is 30.3 Å². The molecule has 8 nitrogen and oxygen atoms in total. The van der Waals surface area contributed by atoms with Crippen molar-refractivity contribution in [2.75, 3.05) is 26.7 Å². The number of likely N-dealkylation sites (N-methyl/N-ethyl adjacent to an activating group) is 1. The molecule has 1 atom stereocenters. The number of amides is 3. The molecule has 0 aliphatic carbocycles. The molecule has 8 heteroatoms. The van der Waals surface area contributed by atoms with Crippen molar-refractivity contribution in [3.63, 3.8) is 0 Å². The van der Waals surface area contributed by atoms with Crippen molar-refractivity contribution >= 4 is 18.1 Å². The summed E-state index contributed by atoms with van der Waals surface area (Å²) in [4.78, 5) is 40.4. The molecule has 1 N–H and O–H groups in total. The van der Waals surface area contributed by atoms with Crippen molar-refractivity contribution in [3.05, 3.63) is 35.9 Å². The van der Waals surface area contributed by atoms with Gasteiger partial charge in [-0.2, -0.15) is 0 Å². The van der Waals surface area contributed by atoms with E-state index in [1.807, 2.05) is 30.3 Å². The van der Waals surface area contributed by atoms with Crippen LogP contribution < -0.4 is 0 Å². The fourth-order valence-corrected chi connectivity index (χ4v) is 3.50. The van der Waals surface area contributed by atoms with Gasteiger partial charge in [-0.15, -0.1) is 0 Å². The Morgan fingerprint density at radius 2 is 1.85 bits per heavy atom. The molecular weight excluding hydrogens is 338 g/mol. The van der Waals surface area contributed by atoms with Gasteiger partial charge in [0.1, 0.15) is 12.6 Å². The molecule has 0 spiro atoms. The first kappa shape index (κ1) is 18.0. The molecule has 0 radical (unpaired) electrons. The Hall–Kier alpha value is -2.77. The molecule has 2 aliphatic heterocycles. The zero-order valence-corrected chi connectivity index (χ0v) is 14.7. The van der Waals surface area contributed by atoms with Gasteiger partial charge in [-0.3, -0.25) is 0 Å². The van der Waals surface area contributed by atoms with Crippen LogP contribution in [0.2, 0.25) is 0 Å². The lowest BCUT2D eigenvalue weighted by Gasteiger charge is -2.37. The Morgan fingerprint density at radius 3 is 2.46 bits per heavy atom. The van der Waals surface area contributed by atoms with Gasteiger partial charge in [0.05, 0.1) is 6.54 Å². The second-order valence-electron chi connectivity index (χ2n) is 6.68. The van der Waals surface area contributed by atoms with Gasteiger partial charge in [0.25, 0.3) is 0 Å². The number of hydrogen-bond acceptors (Lipinski definition) is 4. The molecule has 2 fully saturated rings. The molecule has 0 saturated carbocycles. The Kier molecular flexibility index (Phi) is 5.29. The van der Waals surface area contributed by atoms with E-state index in [4.69, 9.17) is 4.74 Å². The van der Waals surface area contributed by atoms with E-state index in [0.29, 0.717) is 25.9 Å². The normalized spacial score (nSPS) is 21.2. The van der Waals surface area contributed by atoms with E-state index in [9.17, 15) is 19.5 Å². The topological polar surface area (TPSA) is 90.4 Å². The lowest BCUT2D eigenvalue weighted by atomic mass is 10.0. The summed E-state index contributed by atoms with van der Waals surface area (Å²) >= 11 is 0. The molecule has 1 aromatic rings. The number of ether oxygens (including phenoxy) is 1. The van der Waals surface area contributed by atoms with Gasteiger partial charge in [-0.25, -0.2) is 14.4 Å². The SMILES string of the molecule is CN1CC(C(=O)O)N(C2CCN(C(=O)OCc3ccccc3)CC2)C1=O. The summed E-state index contributed by atoms with van der Waals surface area (Å²) in [5.41, 5.74) is 0.922. The highest BCUT2D eigenvalue weighted by molar-refractivity contribution is 5.86. The van der Waals surface area contributed by atoms with Gasteiger partial charge >= 0.3 is 18.1 Å². The third kappa shape index (κ3) is 3.74. The highest BCUT2D eigenvalue weighted by Gasteiger charge is 2.44. The minimum absolute atomic E-state index is 0.174. The van der Waals surface area contributed by atoms with Crippen molar-refractivity contribution in [3.8, 4) is 0 Å². The second kappa shape index (κ2) is 7.63. The summed E-state index contributed by atoms with van der Waals surface area (Å²) in [6, 6.07) is 8.19. The maximum atomic E-state index is 12.3. The fraction of sp³-hybridized carbons (Fsp3) is 0.500. The van der Waals surface area contributed by atoms with Gasteiger partial charge in [-0.05, 0) is 18.4 Å². The van der Waals surface area contributed by atoms with Crippen LogP contribution in [0.1, 0.15) is 18.4 Å². The Labute approximate surface area is 151 Å². The molecular formula is C18H23N3O5. The first-order valence-corrected chi connectivity index (χ1v) is 8.69. The molecule has 140 valence electrons. The first-order chi connectivity index (χ1) is 12.5. The number of urea groups is 1. The van der Waals surface area contributed by atoms with Gasteiger partial charge < -0.3 is 24.5 Å². The van der Waals surface area contributed by atoms with Crippen LogP contribution >= 0.6 is 0 Å². The molecule has 1 unspecified atom stereocenters. The largest absolute Gasteiger partial charge is 0.480 e. The molecule has 2 heterocycles. The standard InChI is InChI=1S/C18H23N3O5/c1-19-11-15(16(22)23)21(17(19)24)14-7-9-20(10-8-14)18(25)26-12-13-5-3-2-4-6-13/h2-6,14-15H,7-12H2,1H3,(H,22,23). The average molecular weight is 361 g/mol. The minimum Gasteiger partial charge on any atom is -0.480 e. The van der Waals surface area contributed by atoms with Gasteiger partial charge in [0, 0.05) is 26.2 Å². The third-order valence-electron chi connectivity index (χ3n) is 4.94. The highest BCUT2D eigenvalue weighted by Crippen LogP contribution is 2.25. The van der Waals surface area contributed by atoms with Crippen LogP contribution in [-0.4, -0.2) is 76.7 Å². The summed E-state index contributed by atoms with van der Waals surface area (Å²) in [5, 5.41) is 9.36. The zero-order valence-electron chi connectivity index (χ0n) is 14.7. The molecule has 2 saturated heterocycles. The summed E-state index contributed by atoms with van der Waals surface area (Å²) < 4.78 is 5.33. The predicted octanol–water partition coefficient (Wildman–Crippen LogP) is 1.61. The number of piperidine rings is 1. The minimum atomic E-state index is -0.993. The maximum absolute atomic E-state index is 12.3. The number of carboxylic acids is 1. The molecule has 26 heavy (non-hydrogen) atoms. The number of nitrogens with zero attached hydrogens (tertiary/aromatic N) is 3. The molecule has 2 aliphatic rings. The third-order valence-corrected chi connectivity index (χ3v) is 4.94. The van der Waals surface area contributed by atoms with Crippen molar-refractivity contribution < 1.29 is 24.2 Å². The Morgan fingerprint density at radius 1 is 1.19 bits per heavy atom. The van der Waals surface area contributed by atoms with E-state index in [2.05, 4.69) is 0 Å². The number of carbonyl (C=O) groups excluding carboxylic acids is 2. The number of hydrogen-bond donors (Lipinski definition) is 1. The van der Waals surface area contributed by atoms with Gasteiger partial charge in [0.15, 0.2) is 0 Å². The summed E-state index contributed by atoms with van der Waals surface area (Å²) in [6.07, 6.45) is 0.708. The van der Waals surface area contributed by atoms with E-state index < -0.39 is 12.0 Å². The highest BCUT2D eigenvalue weighted by atomic mass is 16.6. The number of rotatable bonds is 4. The number of benzene rings is 1. The second-order valence-corrected chi connectivity index (χ2v) is 6.68. The van der Waals surface area contributed by atoms with Gasteiger partial charge in [0.2, 0.25) is 0 Å². The number of likely N-dealkylation sites (tertiary alicyclic amines) is 1. The smallest absolute Gasteiger partial charge is 0.410 e. The maximum Gasteiger partial charge on any atom is 0.410 e. The Bertz CT molecular complexity index is 673. The molecule has 0 aromatic heterocycles. The van der Waals surface area contributed by atoms with Crippen molar-refractivity contribution in [1.29, 1.82) is 0 Å². The quantitative estimate of drug-likeness (QED) is 0.880. The lowest BCUT2D eigenvalue weighted by molar-refractivity contribution is -0.142. The Balaban J connectivity index is 1.53. The van der Waals surface area contributed by atoms with Crippen molar-refractivity contribution in [2.24, 2.45) is 0 Å². The van der Waals surface area contributed by atoms with Crippen LogP contribution in [0.3, 0.4) is 0 Å². The molecule has 0 bridgehead atoms. The monoisotopic (exact) mass is 361 g/mol. The number of carboxylic acid groups (broad SMARTS) is 1. The van der Waals surface area contributed by atoms with Crippen LogP contribution in [0, 0.1) is 0 Å². The zero-order chi connectivity index (χ0) is 18.7. The fourth-order valence-electron chi connectivity index (χ4n) is 3.50. The summed E-state index contributed by atoms with van der Waals surface area (Å²) in [6.45, 7) is 1.29. The van der Waals surface area contributed by atoms with Crippen LogP contribution in [-0.2, 0) is 16.1 Å².